The molecule has 0 fully saturated rings. The molecule has 0 aliphatic heterocycles. The Labute approximate surface area is 102 Å². The van der Waals surface area contributed by atoms with Crippen LogP contribution in [0.4, 0.5) is 5.00 Å². The number of aromatic nitrogens is 1. The lowest BCUT2D eigenvalue weighted by Gasteiger charge is -2.00. The predicted molar refractivity (Wildman–Crippen MR) is 68.1 cm³/mol. The zero-order valence-electron chi connectivity index (χ0n) is 8.90. The number of nitrogens with zero attached hydrogens (tertiary/aromatic N) is 1. The van der Waals surface area contributed by atoms with Crippen LogP contribution in [-0.4, -0.2) is 10.3 Å². The van der Waals surface area contributed by atoms with Gasteiger partial charge in [-0.15, -0.1) is 0 Å². The topological polar surface area (TPSA) is 42.0 Å². The van der Waals surface area contributed by atoms with Crippen LogP contribution in [0.1, 0.15) is 17.7 Å². The summed E-state index contributed by atoms with van der Waals surface area (Å²) in [5.74, 6) is 0.0508. The van der Waals surface area contributed by atoms with Gasteiger partial charge in [0.25, 0.3) is 0 Å². The monoisotopic (exact) mass is 252 g/mol. The first-order chi connectivity index (χ1) is 7.74. The van der Waals surface area contributed by atoms with Gasteiger partial charge in [-0.2, -0.15) is 15.7 Å². The normalized spacial score (nSPS) is 10.3. The van der Waals surface area contributed by atoms with Gasteiger partial charge in [0.2, 0.25) is 5.91 Å². The van der Waals surface area contributed by atoms with E-state index in [2.05, 4.69) is 21.1 Å². The number of nitrogens with one attached hydrogen (secondary N) is 1. The quantitative estimate of drug-likeness (QED) is 0.908. The van der Waals surface area contributed by atoms with E-state index in [0.29, 0.717) is 6.42 Å². The molecular weight excluding hydrogens is 240 g/mol. The fraction of sp³-hybridized carbons (Fsp3) is 0.273. The molecule has 0 aromatic carbocycles. The van der Waals surface area contributed by atoms with Crippen molar-refractivity contribution in [1.82, 2.24) is 4.37 Å². The second kappa shape index (κ2) is 5.23. The number of anilines is 1. The molecule has 0 bridgehead atoms. The number of amides is 1. The fourth-order valence-corrected chi connectivity index (χ4v) is 2.70. The van der Waals surface area contributed by atoms with E-state index in [4.69, 9.17) is 0 Å². The average molecular weight is 252 g/mol. The summed E-state index contributed by atoms with van der Waals surface area (Å²) in [6.45, 7) is 1.91. The summed E-state index contributed by atoms with van der Waals surface area (Å²) in [5, 5.41) is 7.77. The maximum Gasteiger partial charge on any atom is 0.225 e. The first-order valence-corrected chi connectivity index (χ1v) is 6.70. The molecule has 2 aromatic rings. The van der Waals surface area contributed by atoms with Crippen molar-refractivity contribution in [3.8, 4) is 0 Å². The van der Waals surface area contributed by atoms with Crippen LogP contribution in [0.15, 0.2) is 22.9 Å². The van der Waals surface area contributed by atoms with Crippen LogP contribution in [0.2, 0.25) is 0 Å². The molecule has 0 spiro atoms. The van der Waals surface area contributed by atoms with Crippen LogP contribution in [-0.2, 0) is 11.2 Å². The summed E-state index contributed by atoms with van der Waals surface area (Å²) >= 11 is 2.98. The number of carbonyl (C=O) groups is 1. The summed E-state index contributed by atoms with van der Waals surface area (Å²) in [6, 6.07) is 3.93. The molecule has 0 saturated heterocycles. The van der Waals surface area contributed by atoms with Crippen LogP contribution in [0.3, 0.4) is 0 Å². The standard InChI is InChI=1S/C11H12N2OS2/c1-8-6-11(16-13-8)12-10(14)3-2-9-4-5-15-7-9/h4-7H,2-3H2,1H3,(H,12,14). The minimum Gasteiger partial charge on any atom is -0.316 e. The van der Waals surface area contributed by atoms with Gasteiger partial charge in [-0.05, 0) is 53.3 Å². The Morgan fingerprint density at radius 1 is 1.56 bits per heavy atom. The molecule has 5 heteroatoms. The van der Waals surface area contributed by atoms with Gasteiger partial charge in [0.1, 0.15) is 5.00 Å². The maximum atomic E-state index is 11.6. The number of hydrogen-bond donors (Lipinski definition) is 1. The van der Waals surface area contributed by atoms with Crippen molar-refractivity contribution in [3.05, 3.63) is 34.2 Å². The van der Waals surface area contributed by atoms with Gasteiger partial charge in [0, 0.05) is 6.42 Å². The summed E-state index contributed by atoms with van der Waals surface area (Å²) in [7, 11) is 0. The first-order valence-electron chi connectivity index (χ1n) is 4.98. The third-order valence-electron chi connectivity index (χ3n) is 2.11. The van der Waals surface area contributed by atoms with Crippen molar-refractivity contribution in [3.63, 3.8) is 0 Å². The van der Waals surface area contributed by atoms with Crippen molar-refractivity contribution >= 4 is 33.8 Å². The molecule has 0 saturated carbocycles. The van der Waals surface area contributed by atoms with E-state index in [1.807, 2.05) is 18.4 Å². The van der Waals surface area contributed by atoms with Crippen molar-refractivity contribution < 1.29 is 4.79 Å². The van der Waals surface area contributed by atoms with E-state index in [1.54, 1.807) is 11.3 Å². The van der Waals surface area contributed by atoms with Crippen molar-refractivity contribution in [1.29, 1.82) is 0 Å². The van der Waals surface area contributed by atoms with Crippen LogP contribution < -0.4 is 5.32 Å². The number of rotatable bonds is 4. The number of carbonyl (C=O) groups excluding carboxylic acids is 1. The Morgan fingerprint density at radius 3 is 3.06 bits per heavy atom. The molecule has 0 atom stereocenters. The summed E-state index contributed by atoms with van der Waals surface area (Å²) < 4.78 is 4.11. The molecule has 0 aliphatic rings. The van der Waals surface area contributed by atoms with E-state index in [1.165, 1.54) is 17.1 Å². The molecule has 3 nitrogen and oxygen atoms in total. The van der Waals surface area contributed by atoms with E-state index < -0.39 is 0 Å². The van der Waals surface area contributed by atoms with Crippen molar-refractivity contribution in [2.24, 2.45) is 0 Å². The number of thiophene rings is 1. The number of aryl methyl sites for hydroxylation is 2. The van der Waals surface area contributed by atoms with Gasteiger partial charge in [0.05, 0.1) is 5.69 Å². The second-order valence-electron chi connectivity index (χ2n) is 3.51. The van der Waals surface area contributed by atoms with Gasteiger partial charge in [-0.3, -0.25) is 4.79 Å². The minimum absolute atomic E-state index is 0.0508. The van der Waals surface area contributed by atoms with Crippen LogP contribution >= 0.6 is 22.9 Å². The van der Waals surface area contributed by atoms with E-state index >= 15 is 0 Å². The summed E-state index contributed by atoms with van der Waals surface area (Å²) in [4.78, 5) is 11.6. The van der Waals surface area contributed by atoms with E-state index in [-0.39, 0.29) is 5.91 Å². The highest BCUT2D eigenvalue weighted by Gasteiger charge is 2.05. The smallest absolute Gasteiger partial charge is 0.225 e. The van der Waals surface area contributed by atoms with Gasteiger partial charge in [-0.25, -0.2) is 0 Å². The zero-order chi connectivity index (χ0) is 11.4. The largest absolute Gasteiger partial charge is 0.316 e. The average Bonchev–Trinajstić information content (AvgIpc) is 2.87. The van der Waals surface area contributed by atoms with Crippen molar-refractivity contribution in [2.75, 3.05) is 5.32 Å². The van der Waals surface area contributed by atoms with Crippen LogP contribution in [0, 0.1) is 6.92 Å². The molecule has 1 N–H and O–H groups in total. The van der Waals surface area contributed by atoms with E-state index in [0.717, 1.165) is 17.1 Å². The van der Waals surface area contributed by atoms with Gasteiger partial charge in [-0.1, -0.05) is 0 Å². The lowest BCUT2D eigenvalue weighted by Crippen LogP contribution is -2.11. The highest BCUT2D eigenvalue weighted by Crippen LogP contribution is 2.16. The fourth-order valence-electron chi connectivity index (χ4n) is 1.32. The molecule has 0 aliphatic carbocycles. The molecule has 84 valence electrons. The minimum atomic E-state index is 0.0508. The Kier molecular flexibility index (Phi) is 3.69. The Balaban J connectivity index is 1.81. The molecule has 0 unspecified atom stereocenters. The van der Waals surface area contributed by atoms with Crippen LogP contribution in [0.5, 0.6) is 0 Å². The lowest BCUT2D eigenvalue weighted by molar-refractivity contribution is -0.116. The van der Waals surface area contributed by atoms with E-state index in [9.17, 15) is 4.79 Å². The molecular formula is C11H12N2OS2. The lowest BCUT2D eigenvalue weighted by atomic mass is 10.2. The van der Waals surface area contributed by atoms with Crippen LogP contribution in [0.25, 0.3) is 0 Å². The molecule has 2 aromatic heterocycles. The third kappa shape index (κ3) is 3.15. The predicted octanol–water partition coefficient (Wildman–Crippen LogP) is 3.08. The summed E-state index contributed by atoms with van der Waals surface area (Å²) in [5.41, 5.74) is 2.17. The van der Waals surface area contributed by atoms with Crippen molar-refractivity contribution in [2.45, 2.75) is 19.8 Å². The molecule has 1 amide bonds. The second-order valence-corrected chi connectivity index (χ2v) is 5.10. The Bertz CT molecular complexity index is 462. The molecule has 0 radical (unpaired) electrons. The summed E-state index contributed by atoms with van der Waals surface area (Å²) in [6.07, 6.45) is 1.32. The molecule has 2 rings (SSSR count). The van der Waals surface area contributed by atoms with Gasteiger partial charge >= 0.3 is 0 Å². The third-order valence-corrected chi connectivity index (χ3v) is 3.64. The first kappa shape index (κ1) is 11.3. The Hall–Kier alpha value is -1.20. The molecule has 16 heavy (non-hydrogen) atoms. The molecule has 2 heterocycles. The van der Waals surface area contributed by atoms with Gasteiger partial charge < -0.3 is 5.32 Å². The zero-order valence-corrected chi connectivity index (χ0v) is 10.5. The Morgan fingerprint density at radius 2 is 2.44 bits per heavy atom. The van der Waals surface area contributed by atoms with Gasteiger partial charge in [0.15, 0.2) is 0 Å². The number of hydrogen-bond acceptors (Lipinski definition) is 4. The SMILES string of the molecule is Cc1cc(NC(=O)CCc2ccsc2)sn1. The maximum absolute atomic E-state index is 11.6. The highest BCUT2D eigenvalue weighted by molar-refractivity contribution is 7.10. The highest BCUT2D eigenvalue weighted by atomic mass is 32.1.